The summed E-state index contributed by atoms with van der Waals surface area (Å²) < 4.78 is 20.3. The SMILES string of the molecule is c1ccc(-c2cccc(N3c4ccccc4-c4ccccc4O[Si]34Oc3ccccc3-c3ccccc3N4c3cccc(-c4ccccc4)c3)c2)cc1. The minimum Gasteiger partial charge on any atom is -0.480 e. The maximum Gasteiger partial charge on any atom is 0.733 e. The lowest BCUT2D eigenvalue weighted by Gasteiger charge is -2.45. The molecule has 0 amide bonds. The quantitative estimate of drug-likeness (QED) is 0.171. The highest BCUT2D eigenvalue weighted by molar-refractivity contribution is 6.80. The second-order valence-corrected chi connectivity index (χ2v) is 15.7. The summed E-state index contributed by atoms with van der Waals surface area (Å²) in [5.74, 6) is 1.55. The Labute approximate surface area is 310 Å². The Hall–Kier alpha value is -6.82. The molecule has 0 atom stereocenters. The van der Waals surface area contributed by atoms with Crippen molar-refractivity contribution in [2.24, 2.45) is 0 Å². The Balaban J connectivity index is 1.33. The van der Waals surface area contributed by atoms with Crippen LogP contribution in [0.2, 0.25) is 0 Å². The number of hydrogen-bond donors (Lipinski definition) is 0. The molecule has 0 unspecified atom stereocenters. The van der Waals surface area contributed by atoms with Crippen molar-refractivity contribution in [3.8, 4) is 56.0 Å². The zero-order valence-corrected chi connectivity index (χ0v) is 29.8. The summed E-state index contributed by atoms with van der Waals surface area (Å²) in [4.78, 5) is 0. The normalized spacial score (nSPS) is 13.7. The van der Waals surface area contributed by atoms with Crippen LogP contribution in [0.5, 0.6) is 11.5 Å². The number of anilines is 4. The van der Waals surface area contributed by atoms with Gasteiger partial charge in [0, 0.05) is 45.0 Å². The maximum atomic E-state index is 7.76. The largest absolute Gasteiger partial charge is 0.733 e. The molecule has 0 saturated heterocycles. The van der Waals surface area contributed by atoms with Crippen molar-refractivity contribution in [3.63, 3.8) is 0 Å². The summed E-state index contributed by atoms with van der Waals surface area (Å²) in [6, 6.07) is 72.6. The summed E-state index contributed by atoms with van der Waals surface area (Å²) >= 11 is 0. The average molecular weight is 699 g/mol. The standard InChI is InChI=1S/C48H34N2O2Si/c1-3-17-35(18-4-1)37-21-15-23-39(33-37)49-45-29-11-7-25-41(45)43-27-9-13-31-47(43)51-53(49)50(40-24-16-22-38(34-40)36-19-5-2-6-20-36)46-30-12-8-26-42(46)44-28-10-14-32-48(44)52-53/h1-34H. The fourth-order valence-corrected chi connectivity index (χ4v) is 11.2. The zero-order valence-electron chi connectivity index (χ0n) is 28.8. The van der Waals surface area contributed by atoms with Crippen LogP contribution in [0.4, 0.5) is 22.7 Å². The first-order valence-electron chi connectivity index (χ1n) is 17.9. The molecule has 2 heterocycles. The summed E-state index contributed by atoms with van der Waals surface area (Å²) in [6.45, 7) is 0. The molecule has 0 saturated carbocycles. The van der Waals surface area contributed by atoms with Gasteiger partial charge in [-0.3, -0.25) is 9.13 Å². The van der Waals surface area contributed by atoms with Crippen LogP contribution >= 0.6 is 0 Å². The predicted octanol–water partition coefficient (Wildman–Crippen LogP) is 12.6. The molecule has 8 aromatic rings. The van der Waals surface area contributed by atoms with Crippen molar-refractivity contribution in [1.29, 1.82) is 0 Å². The number of hydrogen-bond acceptors (Lipinski definition) is 4. The molecule has 5 heteroatoms. The first-order valence-corrected chi connectivity index (χ1v) is 19.6. The van der Waals surface area contributed by atoms with E-state index in [4.69, 9.17) is 8.85 Å². The molecule has 0 bridgehead atoms. The van der Waals surface area contributed by atoms with E-state index in [-0.39, 0.29) is 0 Å². The summed E-state index contributed by atoms with van der Waals surface area (Å²) in [7, 11) is -4.00. The number of fused-ring (bicyclic) bond motifs is 6. The van der Waals surface area contributed by atoms with Crippen molar-refractivity contribution in [1.82, 2.24) is 0 Å². The minimum atomic E-state index is -4.00. The van der Waals surface area contributed by atoms with E-state index < -0.39 is 8.88 Å². The Kier molecular flexibility index (Phi) is 7.44. The zero-order chi connectivity index (χ0) is 35.2. The number of nitrogens with zero attached hydrogens (tertiary/aromatic N) is 2. The van der Waals surface area contributed by atoms with Crippen LogP contribution in [0.1, 0.15) is 0 Å². The number of para-hydroxylation sites is 4. The number of benzene rings is 8. The Morgan fingerprint density at radius 2 is 0.660 bits per heavy atom. The van der Waals surface area contributed by atoms with E-state index in [0.717, 1.165) is 78.8 Å². The molecule has 0 aromatic heterocycles. The van der Waals surface area contributed by atoms with E-state index in [1.807, 2.05) is 12.1 Å². The summed E-state index contributed by atoms with van der Waals surface area (Å²) in [5, 5.41) is 0. The van der Waals surface area contributed by atoms with Gasteiger partial charge in [-0.15, -0.1) is 0 Å². The third-order valence-corrected chi connectivity index (χ3v) is 13.2. The Morgan fingerprint density at radius 1 is 0.302 bits per heavy atom. The minimum absolute atomic E-state index is 0.773. The third-order valence-electron chi connectivity index (χ3n) is 10.1. The summed E-state index contributed by atoms with van der Waals surface area (Å²) in [5.41, 5.74) is 12.6. The van der Waals surface area contributed by atoms with Gasteiger partial charge < -0.3 is 8.85 Å². The van der Waals surface area contributed by atoms with Crippen molar-refractivity contribution in [3.05, 3.63) is 206 Å². The molecular formula is C48H34N2O2Si. The van der Waals surface area contributed by atoms with Crippen LogP contribution < -0.4 is 18.0 Å². The molecule has 53 heavy (non-hydrogen) atoms. The molecule has 1 spiro atoms. The van der Waals surface area contributed by atoms with E-state index in [9.17, 15) is 0 Å². The fraction of sp³-hybridized carbons (Fsp3) is 0. The third kappa shape index (κ3) is 5.21. The lowest BCUT2D eigenvalue weighted by atomic mass is 10.0. The lowest BCUT2D eigenvalue weighted by Crippen LogP contribution is -2.72. The van der Waals surface area contributed by atoms with Crippen LogP contribution in [-0.4, -0.2) is 8.88 Å². The highest BCUT2D eigenvalue weighted by Gasteiger charge is 2.63. The second kappa shape index (κ2) is 12.7. The number of rotatable bonds is 4. The molecule has 252 valence electrons. The maximum absolute atomic E-state index is 7.76. The van der Waals surface area contributed by atoms with Gasteiger partial charge in [0.25, 0.3) is 0 Å². The van der Waals surface area contributed by atoms with Crippen molar-refractivity contribution in [2.45, 2.75) is 0 Å². The highest BCUT2D eigenvalue weighted by atomic mass is 28.4. The van der Waals surface area contributed by atoms with Gasteiger partial charge >= 0.3 is 8.88 Å². The van der Waals surface area contributed by atoms with Crippen LogP contribution in [0.15, 0.2) is 206 Å². The van der Waals surface area contributed by atoms with Gasteiger partial charge in [0.15, 0.2) is 0 Å². The van der Waals surface area contributed by atoms with Crippen LogP contribution in [0.3, 0.4) is 0 Å². The van der Waals surface area contributed by atoms with Gasteiger partial charge in [0.2, 0.25) is 0 Å². The fourth-order valence-electron chi connectivity index (χ4n) is 7.76. The first kappa shape index (κ1) is 31.0. The van der Waals surface area contributed by atoms with Crippen LogP contribution in [-0.2, 0) is 0 Å². The van der Waals surface area contributed by atoms with E-state index in [0.29, 0.717) is 0 Å². The molecule has 0 fully saturated rings. The van der Waals surface area contributed by atoms with Crippen LogP contribution in [0, 0.1) is 0 Å². The first-order chi connectivity index (χ1) is 26.3. The van der Waals surface area contributed by atoms with Crippen molar-refractivity contribution in [2.75, 3.05) is 9.13 Å². The molecule has 4 nitrogen and oxygen atoms in total. The monoisotopic (exact) mass is 698 g/mol. The lowest BCUT2D eigenvalue weighted by molar-refractivity contribution is 0.384. The molecule has 0 radical (unpaired) electrons. The van der Waals surface area contributed by atoms with Gasteiger partial charge in [-0.2, -0.15) is 0 Å². The highest BCUT2D eigenvalue weighted by Crippen LogP contribution is 2.53. The molecule has 0 aliphatic carbocycles. The smallest absolute Gasteiger partial charge is 0.480 e. The van der Waals surface area contributed by atoms with Gasteiger partial charge in [-0.05, 0) is 70.8 Å². The van der Waals surface area contributed by atoms with Gasteiger partial charge in [-0.1, -0.05) is 158 Å². The second-order valence-electron chi connectivity index (χ2n) is 13.3. The molecule has 8 aromatic carbocycles. The molecule has 2 aliphatic heterocycles. The molecule has 0 N–H and O–H groups in total. The van der Waals surface area contributed by atoms with Crippen molar-refractivity contribution < 1.29 is 8.85 Å². The summed E-state index contributed by atoms with van der Waals surface area (Å²) in [6.07, 6.45) is 0. The van der Waals surface area contributed by atoms with E-state index in [2.05, 4.69) is 203 Å². The topological polar surface area (TPSA) is 24.9 Å². The molecule has 2 aliphatic rings. The van der Waals surface area contributed by atoms with Gasteiger partial charge in [0.05, 0.1) is 0 Å². The Morgan fingerprint density at radius 3 is 1.11 bits per heavy atom. The predicted molar refractivity (Wildman–Crippen MR) is 219 cm³/mol. The van der Waals surface area contributed by atoms with E-state index >= 15 is 0 Å². The average Bonchev–Trinajstić information content (AvgIpc) is 3.43. The van der Waals surface area contributed by atoms with Gasteiger partial charge in [0.1, 0.15) is 11.5 Å². The Bertz CT molecular complexity index is 2430. The van der Waals surface area contributed by atoms with E-state index in [1.165, 1.54) is 0 Å². The molecule has 10 rings (SSSR count). The molecular weight excluding hydrogens is 665 g/mol. The van der Waals surface area contributed by atoms with Crippen molar-refractivity contribution >= 4 is 31.6 Å². The van der Waals surface area contributed by atoms with Crippen LogP contribution in [0.25, 0.3) is 44.5 Å². The van der Waals surface area contributed by atoms with E-state index in [1.54, 1.807) is 0 Å². The van der Waals surface area contributed by atoms with Gasteiger partial charge in [-0.25, -0.2) is 0 Å².